The van der Waals surface area contributed by atoms with E-state index in [-0.39, 0.29) is 35.6 Å². The number of carbonyl (C=O) groups excluding carboxylic acids is 3. The third-order valence-corrected chi connectivity index (χ3v) is 7.27. The lowest BCUT2D eigenvalue weighted by molar-refractivity contribution is -0.114. The quantitative estimate of drug-likeness (QED) is 0.156. The van der Waals surface area contributed by atoms with E-state index in [0.717, 1.165) is 39.1 Å². The number of aromatic amines is 1. The number of hydrogen-bond donors (Lipinski definition) is 1. The highest BCUT2D eigenvalue weighted by Gasteiger charge is 2.28. The molecule has 0 aliphatic heterocycles. The number of H-pyrrole nitrogens is 1. The number of hydrogen-bond acceptors (Lipinski definition) is 7. The van der Waals surface area contributed by atoms with Crippen LogP contribution in [0.1, 0.15) is 49.9 Å². The van der Waals surface area contributed by atoms with Gasteiger partial charge in [0, 0.05) is 27.8 Å². The van der Waals surface area contributed by atoms with Crippen LogP contribution in [-0.2, 0) is 20.7 Å². The molecule has 0 atom stereocenters. The first-order valence-corrected chi connectivity index (χ1v) is 13.0. The van der Waals surface area contributed by atoms with Crippen LogP contribution in [0, 0.1) is 18.3 Å². The van der Waals surface area contributed by atoms with Gasteiger partial charge >= 0.3 is 11.9 Å². The number of carbonyl (C=O) groups is 3. The highest BCUT2D eigenvalue weighted by atomic mass is 32.1. The molecule has 0 aliphatic carbocycles. The Kier molecular flexibility index (Phi) is 8.19. The van der Waals surface area contributed by atoms with Crippen molar-refractivity contribution in [3.63, 3.8) is 0 Å². The highest BCUT2D eigenvalue weighted by molar-refractivity contribution is 7.14. The van der Waals surface area contributed by atoms with Crippen molar-refractivity contribution in [2.24, 2.45) is 0 Å². The van der Waals surface area contributed by atoms with Crippen LogP contribution in [-0.4, -0.2) is 35.9 Å². The molecule has 38 heavy (non-hydrogen) atoms. The summed E-state index contributed by atoms with van der Waals surface area (Å²) in [6.45, 7) is 5.31. The van der Waals surface area contributed by atoms with Crippen LogP contribution in [0.3, 0.4) is 0 Å². The number of rotatable bonds is 9. The SMILES string of the molecule is CCOC(=O)c1sc(CC(=O)/C(C#N)=C/c2c(-c3ccccc3)[nH]c3ccccc23)c(C(=O)OCC)c1C. The van der Waals surface area contributed by atoms with Crippen molar-refractivity contribution < 1.29 is 23.9 Å². The molecule has 0 aliphatic rings. The fourth-order valence-corrected chi connectivity index (χ4v) is 5.45. The molecule has 2 heterocycles. The second-order valence-electron chi connectivity index (χ2n) is 8.39. The van der Waals surface area contributed by atoms with Gasteiger partial charge < -0.3 is 14.5 Å². The van der Waals surface area contributed by atoms with E-state index in [2.05, 4.69) is 4.98 Å². The summed E-state index contributed by atoms with van der Waals surface area (Å²) in [4.78, 5) is 42.7. The van der Waals surface area contributed by atoms with Crippen molar-refractivity contribution in [1.29, 1.82) is 5.26 Å². The van der Waals surface area contributed by atoms with E-state index < -0.39 is 17.7 Å². The summed E-state index contributed by atoms with van der Waals surface area (Å²) in [5.74, 6) is -1.66. The van der Waals surface area contributed by atoms with E-state index in [4.69, 9.17) is 9.47 Å². The zero-order valence-electron chi connectivity index (χ0n) is 21.3. The van der Waals surface area contributed by atoms with E-state index >= 15 is 0 Å². The summed E-state index contributed by atoms with van der Waals surface area (Å²) in [6, 6.07) is 19.4. The predicted molar refractivity (Wildman–Crippen MR) is 147 cm³/mol. The number of para-hydroxylation sites is 1. The summed E-state index contributed by atoms with van der Waals surface area (Å²) >= 11 is 1.02. The van der Waals surface area contributed by atoms with Gasteiger partial charge in [-0.2, -0.15) is 5.26 Å². The first-order chi connectivity index (χ1) is 18.4. The van der Waals surface area contributed by atoms with Crippen molar-refractivity contribution in [3.8, 4) is 17.3 Å². The van der Waals surface area contributed by atoms with Gasteiger partial charge in [0.05, 0.1) is 30.0 Å². The number of allylic oxidation sites excluding steroid dienone is 1. The maximum Gasteiger partial charge on any atom is 0.348 e. The Balaban J connectivity index is 1.77. The normalized spacial score (nSPS) is 11.3. The molecule has 0 saturated heterocycles. The minimum absolute atomic E-state index is 0.0644. The highest BCUT2D eigenvalue weighted by Crippen LogP contribution is 2.34. The van der Waals surface area contributed by atoms with Gasteiger partial charge in [-0.05, 0) is 44.0 Å². The van der Waals surface area contributed by atoms with Crippen LogP contribution in [0.25, 0.3) is 28.2 Å². The Morgan fingerprint density at radius 1 is 0.974 bits per heavy atom. The monoisotopic (exact) mass is 526 g/mol. The Labute approximate surface area is 224 Å². The summed E-state index contributed by atoms with van der Waals surface area (Å²) in [6.07, 6.45) is 1.35. The minimum Gasteiger partial charge on any atom is -0.462 e. The first-order valence-electron chi connectivity index (χ1n) is 12.2. The van der Waals surface area contributed by atoms with Crippen LogP contribution in [0.15, 0.2) is 60.2 Å². The molecule has 2 aromatic heterocycles. The molecule has 7 nitrogen and oxygen atoms in total. The fraction of sp³-hybridized carbons (Fsp3) is 0.200. The van der Waals surface area contributed by atoms with Crippen molar-refractivity contribution >= 4 is 46.0 Å². The van der Waals surface area contributed by atoms with Crippen molar-refractivity contribution in [3.05, 3.63) is 86.6 Å². The van der Waals surface area contributed by atoms with Crippen molar-refractivity contribution in [2.75, 3.05) is 13.2 Å². The van der Waals surface area contributed by atoms with E-state index in [9.17, 15) is 19.6 Å². The van der Waals surface area contributed by atoms with E-state index in [1.165, 1.54) is 0 Å². The second kappa shape index (κ2) is 11.7. The Bertz CT molecular complexity index is 1590. The zero-order chi connectivity index (χ0) is 27.2. The number of nitrogens with one attached hydrogen (secondary N) is 1. The van der Waals surface area contributed by atoms with E-state index in [1.807, 2.05) is 60.7 Å². The molecular weight excluding hydrogens is 500 g/mol. The number of nitrogens with zero attached hydrogens (tertiary/aromatic N) is 1. The lowest BCUT2D eigenvalue weighted by Gasteiger charge is -2.06. The van der Waals surface area contributed by atoms with Crippen LogP contribution in [0.5, 0.6) is 0 Å². The van der Waals surface area contributed by atoms with Crippen LogP contribution in [0.4, 0.5) is 0 Å². The van der Waals surface area contributed by atoms with Crippen molar-refractivity contribution in [2.45, 2.75) is 27.2 Å². The molecule has 0 spiro atoms. The van der Waals surface area contributed by atoms with Gasteiger partial charge in [-0.25, -0.2) is 9.59 Å². The van der Waals surface area contributed by atoms with Crippen LogP contribution >= 0.6 is 11.3 Å². The average Bonchev–Trinajstić information content (AvgIpc) is 3.45. The van der Waals surface area contributed by atoms with Gasteiger partial charge in [0.2, 0.25) is 0 Å². The van der Waals surface area contributed by atoms with Gasteiger partial charge in [-0.15, -0.1) is 11.3 Å². The molecule has 0 bridgehead atoms. The Morgan fingerprint density at radius 2 is 1.63 bits per heavy atom. The molecule has 2 aromatic carbocycles. The molecule has 0 unspecified atom stereocenters. The standard InChI is InChI=1S/C30H26N2O5S/c1-4-36-29(34)26-18(3)28(30(35)37-5-2)38-25(26)16-24(33)20(17-31)15-22-21-13-9-10-14-23(21)32-27(22)19-11-7-6-8-12-19/h6-15,32H,4-5,16H2,1-3H3/b20-15+. The molecular formula is C30H26N2O5S. The van der Waals surface area contributed by atoms with Crippen molar-refractivity contribution in [1.82, 2.24) is 4.98 Å². The van der Waals surface area contributed by atoms with E-state index in [1.54, 1.807) is 26.8 Å². The maximum atomic E-state index is 13.4. The molecule has 8 heteroatoms. The number of Topliss-reactive ketones (excluding diaryl/α,β-unsaturated/α-hetero) is 1. The summed E-state index contributed by atoms with van der Waals surface area (Å²) in [5.41, 5.74) is 3.80. The number of aromatic nitrogens is 1. The zero-order valence-corrected chi connectivity index (χ0v) is 22.1. The first kappa shape index (κ1) is 26.6. The number of esters is 2. The average molecular weight is 527 g/mol. The number of ether oxygens (including phenoxy) is 2. The lowest BCUT2D eigenvalue weighted by atomic mass is 9.99. The Hall–Kier alpha value is -4.48. The van der Waals surface area contributed by atoms with Crippen LogP contribution in [0.2, 0.25) is 0 Å². The molecule has 0 amide bonds. The number of fused-ring (bicyclic) bond motifs is 1. The number of ketones is 1. The molecule has 4 rings (SSSR count). The topological polar surface area (TPSA) is 109 Å². The molecule has 192 valence electrons. The maximum absolute atomic E-state index is 13.4. The number of nitriles is 1. The number of benzene rings is 2. The lowest BCUT2D eigenvalue weighted by Crippen LogP contribution is -2.12. The van der Waals surface area contributed by atoms with Gasteiger partial charge in [-0.3, -0.25) is 4.79 Å². The molecule has 1 N–H and O–H groups in total. The van der Waals surface area contributed by atoms with Gasteiger partial charge in [0.15, 0.2) is 5.78 Å². The molecule has 4 aromatic rings. The van der Waals surface area contributed by atoms with Gasteiger partial charge in [0.25, 0.3) is 0 Å². The Morgan fingerprint density at radius 3 is 2.32 bits per heavy atom. The summed E-state index contributed by atoms with van der Waals surface area (Å²) in [5, 5.41) is 10.8. The van der Waals surface area contributed by atoms with Gasteiger partial charge in [0.1, 0.15) is 10.9 Å². The third-order valence-electron chi connectivity index (χ3n) is 6.00. The third kappa shape index (κ3) is 5.29. The fourth-order valence-electron chi connectivity index (χ4n) is 4.27. The number of thiophene rings is 1. The predicted octanol–water partition coefficient (Wildman–Crippen LogP) is 6.28. The molecule has 0 radical (unpaired) electrons. The van der Waals surface area contributed by atoms with Crippen LogP contribution < -0.4 is 0 Å². The molecule has 0 saturated carbocycles. The van der Waals surface area contributed by atoms with E-state index in [0.29, 0.717) is 10.4 Å². The second-order valence-corrected chi connectivity index (χ2v) is 9.50. The largest absolute Gasteiger partial charge is 0.462 e. The molecule has 0 fully saturated rings. The minimum atomic E-state index is -0.620. The smallest absolute Gasteiger partial charge is 0.348 e. The van der Waals surface area contributed by atoms with Gasteiger partial charge in [-0.1, -0.05) is 48.5 Å². The summed E-state index contributed by atoms with van der Waals surface area (Å²) < 4.78 is 10.3. The summed E-state index contributed by atoms with van der Waals surface area (Å²) in [7, 11) is 0.